The molecule has 1 aliphatic heterocycles. The van der Waals surface area contributed by atoms with Gasteiger partial charge in [-0.2, -0.15) is 18.4 Å². The third-order valence-corrected chi connectivity index (χ3v) is 6.09. The Bertz CT molecular complexity index is 849. The molecule has 0 spiro atoms. The lowest BCUT2D eigenvalue weighted by Gasteiger charge is -2.27. The van der Waals surface area contributed by atoms with Gasteiger partial charge in [0.1, 0.15) is 5.54 Å². The Balaban J connectivity index is 2.10. The van der Waals surface area contributed by atoms with Crippen molar-refractivity contribution in [3.05, 3.63) is 29.3 Å². The third-order valence-electron chi connectivity index (χ3n) is 5.53. The summed E-state index contributed by atoms with van der Waals surface area (Å²) in [5.41, 5.74) is -3.05. The monoisotopic (exact) mass is 501 g/mol. The predicted octanol–water partition coefficient (Wildman–Crippen LogP) is 6.25. The van der Waals surface area contributed by atoms with Crippen LogP contribution >= 0.6 is 15.9 Å². The molecule has 0 aliphatic carbocycles. The Kier molecular flexibility index (Phi) is 8.52. The summed E-state index contributed by atoms with van der Waals surface area (Å²) in [5.74, 6) is -0.579. The summed E-state index contributed by atoms with van der Waals surface area (Å²) in [7, 11) is 0. The van der Waals surface area contributed by atoms with Crippen molar-refractivity contribution in [2.24, 2.45) is 0 Å². The molecule has 2 rings (SSSR count). The van der Waals surface area contributed by atoms with Gasteiger partial charge in [-0.15, -0.1) is 0 Å². The molecule has 3 amide bonds. The number of hydrogen-bond acceptors (Lipinski definition) is 3. The standard InChI is InChI=1S/C22H27BrF3N3O2/c1-21(2)19(30)29(17-11-10-16(15-27)18(14-17)22(24,25)26)20(31)28(21)13-9-7-5-3-4-6-8-12-23/h10-11,14H,3-9,12-13H2,1-2H3. The van der Waals surface area contributed by atoms with E-state index in [9.17, 15) is 22.8 Å². The van der Waals surface area contributed by atoms with Gasteiger partial charge in [0.25, 0.3) is 5.91 Å². The molecule has 170 valence electrons. The van der Waals surface area contributed by atoms with E-state index in [0.29, 0.717) is 12.6 Å². The summed E-state index contributed by atoms with van der Waals surface area (Å²) < 4.78 is 39.9. The topological polar surface area (TPSA) is 64.4 Å². The van der Waals surface area contributed by atoms with E-state index >= 15 is 0 Å². The minimum atomic E-state index is -4.77. The number of anilines is 1. The fourth-order valence-corrected chi connectivity index (χ4v) is 4.09. The molecule has 0 aromatic heterocycles. The molecule has 0 N–H and O–H groups in total. The Morgan fingerprint density at radius 3 is 2.16 bits per heavy atom. The first kappa shape index (κ1) is 25.2. The van der Waals surface area contributed by atoms with Gasteiger partial charge in [0.2, 0.25) is 0 Å². The van der Waals surface area contributed by atoms with Crippen molar-refractivity contribution in [3.8, 4) is 6.07 Å². The number of hydrogen-bond donors (Lipinski definition) is 0. The first-order chi connectivity index (χ1) is 14.6. The number of unbranched alkanes of at least 4 members (excludes halogenated alkanes) is 6. The number of alkyl halides is 4. The first-order valence-electron chi connectivity index (χ1n) is 10.4. The highest BCUT2D eigenvalue weighted by Crippen LogP contribution is 2.37. The van der Waals surface area contributed by atoms with Crippen LogP contribution in [0.1, 0.15) is 69.9 Å². The Morgan fingerprint density at radius 2 is 1.61 bits per heavy atom. The molecule has 31 heavy (non-hydrogen) atoms. The van der Waals surface area contributed by atoms with Crippen LogP contribution in [-0.2, 0) is 11.0 Å². The second kappa shape index (κ2) is 10.5. The molecule has 1 saturated heterocycles. The van der Waals surface area contributed by atoms with Crippen molar-refractivity contribution in [3.63, 3.8) is 0 Å². The summed E-state index contributed by atoms with van der Waals surface area (Å²) in [5, 5.41) is 9.97. The number of imide groups is 1. The van der Waals surface area contributed by atoms with E-state index in [1.54, 1.807) is 13.8 Å². The molecule has 1 aromatic rings. The van der Waals surface area contributed by atoms with Crippen LogP contribution in [0.2, 0.25) is 0 Å². The van der Waals surface area contributed by atoms with Crippen LogP contribution in [0.3, 0.4) is 0 Å². The number of urea groups is 1. The van der Waals surface area contributed by atoms with Gasteiger partial charge >= 0.3 is 12.2 Å². The SMILES string of the molecule is CC1(C)C(=O)N(c2ccc(C#N)c(C(F)(F)F)c2)C(=O)N1CCCCCCCCCBr. The number of benzene rings is 1. The van der Waals surface area contributed by atoms with Crippen molar-refractivity contribution >= 4 is 33.6 Å². The van der Waals surface area contributed by atoms with Gasteiger partial charge in [-0.25, -0.2) is 9.69 Å². The van der Waals surface area contributed by atoms with Crippen molar-refractivity contribution < 1.29 is 22.8 Å². The van der Waals surface area contributed by atoms with Crippen LogP contribution in [0.25, 0.3) is 0 Å². The van der Waals surface area contributed by atoms with Crippen LogP contribution in [0.15, 0.2) is 18.2 Å². The molecule has 1 fully saturated rings. The molecule has 0 saturated carbocycles. The average molecular weight is 502 g/mol. The van der Waals surface area contributed by atoms with Crippen molar-refractivity contribution in [2.75, 3.05) is 16.8 Å². The molecule has 1 aromatic carbocycles. The zero-order chi connectivity index (χ0) is 23.2. The summed E-state index contributed by atoms with van der Waals surface area (Å²) in [4.78, 5) is 28.1. The molecule has 9 heteroatoms. The van der Waals surface area contributed by atoms with Gasteiger partial charge in [0.15, 0.2) is 0 Å². The molecule has 0 radical (unpaired) electrons. The van der Waals surface area contributed by atoms with Crippen LogP contribution in [0.4, 0.5) is 23.7 Å². The first-order valence-corrected chi connectivity index (χ1v) is 11.5. The fraction of sp³-hybridized carbons (Fsp3) is 0.591. The molecule has 0 atom stereocenters. The third kappa shape index (κ3) is 5.79. The highest BCUT2D eigenvalue weighted by Gasteiger charge is 2.51. The Hall–Kier alpha value is -2.08. The van der Waals surface area contributed by atoms with Gasteiger partial charge in [-0.3, -0.25) is 4.79 Å². The van der Waals surface area contributed by atoms with Crippen LogP contribution in [0, 0.1) is 11.3 Å². The van der Waals surface area contributed by atoms with E-state index in [-0.39, 0.29) is 5.69 Å². The fourth-order valence-electron chi connectivity index (χ4n) is 3.69. The van der Waals surface area contributed by atoms with E-state index in [1.165, 1.54) is 23.5 Å². The predicted molar refractivity (Wildman–Crippen MR) is 116 cm³/mol. The van der Waals surface area contributed by atoms with E-state index in [4.69, 9.17) is 5.26 Å². The van der Waals surface area contributed by atoms with E-state index in [0.717, 1.165) is 54.8 Å². The Morgan fingerprint density at radius 1 is 1.03 bits per heavy atom. The maximum Gasteiger partial charge on any atom is 0.417 e. The largest absolute Gasteiger partial charge is 0.417 e. The van der Waals surface area contributed by atoms with Crippen LogP contribution in [0.5, 0.6) is 0 Å². The lowest BCUT2D eigenvalue weighted by atomic mass is 10.0. The lowest BCUT2D eigenvalue weighted by Crippen LogP contribution is -2.44. The van der Waals surface area contributed by atoms with Crippen molar-refractivity contribution in [2.45, 2.75) is 70.5 Å². The molecule has 0 unspecified atom stereocenters. The highest BCUT2D eigenvalue weighted by molar-refractivity contribution is 9.09. The minimum absolute atomic E-state index is 0.177. The van der Waals surface area contributed by atoms with Gasteiger partial charge in [-0.1, -0.05) is 48.0 Å². The highest BCUT2D eigenvalue weighted by atomic mass is 79.9. The molecule has 0 bridgehead atoms. The smallest absolute Gasteiger partial charge is 0.310 e. The zero-order valence-electron chi connectivity index (χ0n) is 17.8. The number of rotatable bonds is 10. The van der Waals surface area contributed by atoms with Gasteiger partial charge in [-0.05, 0) is 44.9 Å². The summed E-state index contributed by atoms with van der Waals surface area (Å²) in [6.07, 6.45) is 2.50. The molecular weight excluding hydrogens is 475 g/mol. The summed E-state index contributed by atoms with van der Waals surface area (Å²) >= 11 is 3.41. The van der Waals surface area contributed by atoms with Gasteiger partial charge in [0.05, 0.1) is 22.9 Å². The lowest BCUT2D eigenvalue weighted by molar-refractivity contribution is -0.137. The number of nitrogens with zero attached hydrogens (tertiary/aromatic N) is 3. The average Bonchev–Trinajstić information content (AvgIpc) is 2.87. The Labute approximate surface area is 189 Å². The zero-order valence-corrected chi connectivity index (χ0v) is 19.4. The summed E-state index contributed by atoms with van der Waals surface area (Å²) in [6.45, 7) is 3.56. The van der Waals surface area contributed by atoms with Crippen LogP contribution < -0.4 is 4.90 Å². The number of halogens is 4. The van der Waals surface area contributed by atoms with Crippen LogP contribution in [-0.4, -0.2) is 34.3 Å². The van der Waals surface area contributed by atoms with E-state index in [1.807, 2.05) is 0 Å². The summed E-state index contributed by atoms with van der Waals surface area (Å²) in [6, 6.07) is 3.76. The molecule has 1 aliphatic rings. The van der Waals surface area contributed by atoms with Crippen molar-refractivity contribution in [1.29, 1.82) is 5.26 Å². The van der Waals surface area contributed by atoms with E-state index < -0.39 is 34.8 Å². The minimum Gasteiger partial charge on any atom is -0.310 e. The quantitative estimate of drug-likeness (QED) is 0.216. The maximum atomic E-state index is 13.3. The molecular formula is C22H27BrF3N3O2. The van der Waals surface area contributed by atoms with Crippen molar-refractivity contribution in [1.82, 2.24) is 4.90 Å². The number of carbonyl (C=O) groups excluding carboxylic acids is 2. The number of carbonyl (C=O) groups is 2. The molecule has 1 heterocycles. The number of nitriles is 1. The normalized spacial score (nSPS) is 16.2. The number of amides is 3. The molecule has 5 nitrogen and oxygen atoms in total. The maximum absolute atomic E-state index is 13.3. The van der Waals surface area contributed by atoms with E-state index in [2.05, 4.69) is 15.9 Å². The second-order valence-electron chi connectivity index (χ2n) is 8.14. The van der Waals surface area contributed by atoms with Gasteiger partial charge < -0.3 is 4.90 Å². The second-order valence-corrected chi connectivity index (χ2v) is 8.93. The van der Waals surface area contributed by atoms with Gasteiger partial charge in [0, 0.05) is 11.9 Å².